The second-order valence-electron chi connectivity index (χ2n) is 13.1. The van der Waals surface area contributed by atoms with Gasteiger partial charge in [0.2, 0.25) is 10.0 Å². The average Bonchev–Trinajstić information content (AvgIpc) is 3.37. The van der Waals surface area contributed by atoms with Gasteiger partial charge in [0.25, 0.3) is 0 Å². The molecule has 4 N–H and O–H groups in total. The third-order valence-electron chi connectivity index (χ3n) is 10.4. The first-order valence-electron chi connectivity index (χ1n) is 15.4. The van der Waals surface area contributed by atoms with Crippen LogP contribution in [0.2, 0.25) is 5.02 Å². The number of carboxylic acid groups (broad SMARTS) is 1. The van der Waals surface area contributed by atoms with Gasteiger partial charge in [0, 0.05) is 23.5 Å². The van der Waals surface area contributed by atoms with Crippen molar-refractivity contribution in [3.05, 3.63) is 70.3 Å². The zero-order chi connectivity index (χ0) is 30.4. The molecule has 2 fully saturated rings. The van der Waals surface area contributed by atoms with Crippen LogP contribution in [0.5, 0.6) is 5.75 Å². The van der Waals surface area contributed by atoms with Gasteiger partial charge in [-0.3, -0.25) is 0 Å². The molecule has 8 nitrogen and oxygen atoms in total. The Kier molecular flexibility index (Phi) is 8.54. The Labute approximate surface area is 258 Å². The van der Waals surface area contributed by atoms with E-state index >= 15 is 0 Å². The van der Waals surface area contributed by atoms with Crippen LogP contribution in [0.15, 0.2) is 48.6 Å². The van der Waals surface area contributed by atoms with Gasteiger partial charge in [-0.1, -0.05) is 36.2 Å². The Morgan fingerprint density at radius 2 is 1.98 bits per heavy atom. The molecule has 1 spiro atoms. The van der Waals surface area contributed by atoms with Gasteiger partial charge in [0.15, 0.2) is 0 Å². The number of hydrogen-bond acceptors (Lipinski definition) is 6. The van der Waals surface area contributed by atoms with Crippen LogP contribution in [0, 0.1) is 17.8 Å². The van der Waals surface area contributed by atoms with Crippen LogP contribution in [0.4, 0.5) is 5.69 Å². The zero-order valence-electron chi connectivity index (χ0n) is 24.3. The first kappa shape index (κ1) is 30.4. The van der Waals surface area contributed by atoms with Gasteiger partial charge in [0.05, 0.1) is 29.2 Å². The summed E-state index contributed by atoms with van der Waals surface area (Å²) >= 11 is 6.37. The molecule has 2 aromatic rings. The van der Waals surface area contributed by atoms with Crippen molar-refractivity contribution in [1.29, 1.82) is 0 Å². The monoisotopic (exact) mass is 628 g/mol. The lowest BCUT2D eigenvalue weighted by Gasteiger charge is -2.45. The largest absolute Gasteiger partial charge is 0.490 e. The number of nitrogens with zero attached hydrogens (tertiary/aromatic N) is 1. The van der Waals surface area contributed by atoms with E-state index in [4.69, 9.17) is 21.5 Å². The Hall–Kier alpha value is -2.59. The molecule has 0 saturated heterocycles. The van der Waals surface area contributed by atoms with E-state index in [1.807, 2.05) is 18.2 Å². The number of aromatic carboxylic acids is 1. The summed E-state index contributed by atoms with van der Waals surface area (Å²) in [5.74, 6) is -0.0173. The Morgan fingerprint density at radius 3 is 2.72 bits per heavy atom. The van der Waals surface area contributed by atoms with Crippen LogP contribution in [0.25, 0.3) is 0 Å². The van der Waals surface area contributed by atoms with E-state index in [2.05, 4.69) is 17.0 Å². The highest BCUT2D eigenvalue weighted by atomic mass is 35.5. The number of allylic oxidation sites excluding steroid dienone is 1. The first-order valence-corrected chi connectivity index (χ1v) is 17.4. The third kappa shape index (κ3) is 6.19. The number of rotatable bonds is 8. The standard InChI is InChI=1S/C33H41ClN2O6S/c34-25-11-13-27-22(16-25)6-3-15-33(27)19-36(28-17-23(32(38)39)10-14-30(28)42-20-33)18-24-9-12-26(24)29(37)7-1-4-21-5-2-8-31(21)43(35,40)41/h1,7,10-11,13-14,16-17,21,24,26,29,31,37H,2-6,8-9,12,15,18-20H2,(H,38,39)(H2,35,40,41)/b7-1+/t21-,24+,26-,29+,31-,33+/m1/s1. The summed E-state index contributed by atoms with van der Waals surface area (Å²) in [5, 5.41) is 26.6. The molecule has 1 aliphatic heterocycles. The number of aliphatic hydroxyl groups is 1. The van der Waals surface area contributed by atoms with E-state index < -0.39 is 27.3 Å². The van der Waals surface area contributed by atoms with Crippen molar-refractivity contribution < 1.29 is 28.2 Å². The predicted octanol–water partition coefficient (Wildman–Crippen LogP) is 5.30. The smallest absolute Gasteiger partial charge is 0.335 e. The minimum absolute atomic E-state index is 0.00267. The highest BCUT2D eigenvalue weighted by Crippen LogP contribution is 2.46. The van der Waals surface area contributed by atoms with Crippen molar-refractivity contribution in [2.45, 2.75) is 74.6 Å². The maximum absolute atomic E-state index is 12.0. The Balaban J connectivity index is 1.22. The number of aliphatic hydroxyl groups excluding tert-OH is 1. The lowest BCUT2D eigenvalue weighted by atomic mass is 9.68. The third-order valence-corrected chi connectivity index (χ3v) is 12.1. The number of halogens is 1. The van der Waals surface area contributed by atoms with Crippen molar-refractivity contribution in [2.75, 3.05) is 24.6 Å². The predicted molar refractivity (Wildman–Crippen MR) is 167 cm³/mol. The molecule has 2 aromatic carbocycles. The fourth-order valence-corrected chi connectivity index (χ4v) is 9.52. The Morgan fingerprint density at radius 1 is 1.14 bits per heavy atom. The van der Waals surface area contributed by atoms with Crippen molar-refractivity contribution in [1.82, 2.24) is 0 Å². The molecule has 43 heavy (non-hydrogen) atoms. The first-order chi connectivity index (χ1) is 20.5. The molecule has 2 saturated carbocycles. The molecular formula is C33H41ClN2O6S. The van der Waals surface area contributed by atoms with Gasteiger partial charge in [-0.25, -0.2) is 18.4 Å². The van der Waals surface area contributed by atoms with Crippen LogP contribution in [0.1, 0.15) is 72.9 Å². The maximum Gasteiger partial charge on any atom is 0.335 e. The van der Waals surface area contributed by atoms with Gasteiger partial charge in [0.1, 0.15) is 5.75 Å². The summed E-state index contributed by atoms with van der Waals surface area (Å²) in [5.41, 5.74) is 3.23. The average molecular weight is 629 g/mol. The number of aryl methyl sites for hydroxylation is 1. The molecule has 6 atom stereocenters. The van der Waals surface area contributed by atoms with E-state index in [0.29, 0.717) is 38.3 Å². The van der Waals surface area contributed by atoms with Gasteiger partial charge in [-0.2, -0.15) is 0 Å². The number of nitrogens with two attached hydrogens (primary N) is 1. The van der Waals surface area contributed by atoms with Crippen LogP contribution in [0.3, 0.4) is 0 Å². The summed E-state index contributed by atoms with van der Waals surface area (Å²) in [7, 11) is -3.56. The number of ether oxygens (including phenoxy) is 1. The minimum Gasteiger partial charge on any atom is -0.490 e. The molecule has 0 bridgehead atoms. The van der Waals surface area contributed by atoms with E-state index in [-0.39, 0.29) is 28.7 Å². The number of anilines is 1. The van der Waals surface area contributed by atoms with Crippen molar-refractivity contribution >= 4 is 33.3 Å². The molecule has 0 unspecified atom stereocenters. The summed E-state index contributed by atoms with van der Waals surface area (Å²) in [6.07, 6.45) is 10.8. The molecule has 232 valence electrons. The molecular weight excluding hydrogens is 588 g/mol. The molecule has 1 heterocycles. The van der Waals surface area contributed by atoms with Crippen LogP contribution in [-0.2, 0) is 21.9 Å². The number of benzene rings is 2. The molecule has 0 aromatic heterocycles. The number of fused-ring (bicyclic) bond motifs is 3. The van der Waals surface area contributed by atoms with Gasteiger partial charge >= 0.3 is 5.97 Å². The highest BCUT2D eigenvalue weighted by molar-refractivity contribution is 7.89. The number of hydrogen-bond donors (Lipinski definition) is 3. The molecule has 6 rings (SSSR count). The zero-order valence-corrected chi connectivity index (χ0v) is 25.9. The quantitative estimate of drug-likeness (QED) is 0.338. The summed E-state index contributed by atoms with van der Waals surface area (Å²) in [6.45, 7) is 1.86. The topological polar surface area (TPSA) is 130 Å². The minimum atomic E-state index is -3.56. The van der Waals surface area contributed by atoms with E-state index in [1.54, 1.807) is 18.2 Å². The molecule has 0 radical (unpaired) electrons. The van der Waals surface area contributed by atoms with E-state index in [9.17, 15) is 23.4 Å². The second-order valence-corrected chi connectivity index (χ2v) is 15.3. The van der Waals surface area contributed by atoms with E-state index in [1.165, 1.54) is 11.1 Å². The van der Waals surface area contributed by atoms with Crippen molar-refractivity contribution in [2.24, 2.45) is 22.9 Å². The fraction of sp³-hybridized carbons (Fsp3) is 0.545. The van der Waals surface area contributed by atoms with Gasteiger partial charge in [-0.05, 0) is 111 Å². The number of carboxylic acids is 1. The molecule has 10 heteroatoms. The van der Waals surface area contributed by atoms with Crippen molar-refractivity contribution in [3.8, 4) is 5.75 Å². The SMILES string of the molecule is NS(=O)(=O)[C@@H]1CCC[C@H]1C/C=C/[C@H](O)[C@@H]1CC[C@H]1CN1C[C@@]2(CCCc3cc(Cl)ccc32)COc2ccc(C(=O)O)cc21. The van der Waals surface area contributed by atoms with Crippen LogP contribution in [-0.4, -0.2) is 55.7 Å². The maximum atomic E-state index is 12.0. The van der Waals surface area contributed by atoms with Crippen LogP contribution >= 0.6 is 11.6 Å². The lowest BCUT2D eigenvalue weighted by molar-refractivity contribution is 0.0455. The highest BCUT2D eigenvalue weighted by Gasteiger charge is 2.44. The lowest BCUT2D eigenvalue weighted by Crippen LogP contribution is -2.49. The van der Waals surface area contributed by atoms with Crippen LogP contribution < -0.4 is 14.8 Å². The number of primary sulfonamides is 1. The molecule has 3 aliphatic carbocycles. The fourth-order valence-electron chi connectivity index (χ4n) is 8.04. The number of carbonyl (C=O) groups is 1. The van der Waals surface area contributed by atoms with Gasteiger partial charge < -0.3 is 19.8 Å². The summed E-state index contributed by atoms with van der Waals surface area (Å²) in [6, 6.07) is 11.2. The summed E-state index contributed by atoms with van der Waals surface area (Å²) in [4.78, 5) is 14.2. The number of sulfonamides is 1. The molecule has 4 aliphatic rings. The normalized spacial score (nSPS) is 29.4. The van der Waals surface area contributed by atoms with E-state index in [0.717, 1.165) is 55.7 Å². The Bertz CT molecular complexity index is 1510. The van der Waals surface area contributed by atoms with Crippen molar-refractivity contribution in [3.63, 3.8) is 0 Å². The summed E-state index contributed by atoms with van der Waals surface area (Å²) < 4.78 is 30.4. The molecule has 0 amide bonds. The second kappa shape index (κ2) is 12.1. The van der Waals surface area contributed by atoms with Gasteiger partial charge in [-0.15, -0.1) is 0 Å².